The van der Waals surface area contributed by atoms with Crippen molar-refractivity contribution in [2.24, 2.45) is 28.6 Å². The first kappa shape index (κ1) is 24.3. The Morgan fingerprint density at radius 2 is 1.94 bits per heavy atom. The zero-order valence-corrected chi connectivity index (χ0v) is 20.5. The van der Waals surface area contributed by atoms with Gasteiger partial charge in [-0.2, -0.15) is 0 Å². The second-order valence-corrected chi connectivity index (χ2v) is 11.0. The summed E-state index contributed by atoms with van der Waals surface area (Å²) in [6.07, 6.45) is 6.21. The first-order valence-corrected chi connectivity index (χ1v) is 12.4. The van der Waals surface area contributed by atoms with Gasteiger partial charge in [0.1, 0.15) is 0 Å². The summed E-state index contributed by atoms with van der Waals surface area (Å²) in [6, 6.07) is 0. The van der Waals surface area contributed by atoms with E-state index in [0.717, 1.165) is 0 Å². The number of ketones is 3. The number of fused-ring (bicyclic) bond motifs is 5. The molecule has 0 heterocycles. The van der Waals surface area contributed by atoms with Crippen LogP contribution in [0.4, 0.5) is 4.39 Å². The fraction of sp³-hybridized carbons (Fsp3) is 0.692. The molecule has 4 rings (SSSR count). The summed E-state index contributed by atoms with van der Waals surface area (Å²) in [4.78, 5) is 51.7. The minimum Gasteiger partial charge on any atom is -0.450 e. The number of esters is 1. The van der Waals surface area contributed by atoms with Crippen molar-refractivity contribution in [1.29, 1.82) is 0 Å². The van der Waals surface area contributed by atoms with Crippen LogP contribution in [0, 0.1) is 28.6 Å². The van der Waals surface area contributed by atoms with Crippen LogP contribution in [0.3, 0.4) is 0 Å². The number of Topliss-reactive ketones (excluding diaryl/α,β-unsaturated/α-hetero) is 2. The lowest BCUT2D eigenvalue weighted by Crippen LogP contribution is -2.68. The first-order chi connectivity index (χ1) is 15.4. The number of hydrogen-bond donors (Lipinski definition) is 0. The lowest BCUT2D eigenvalue weighted by molar-refractivity contribution is -0.201. The van der Waals surface area contributed by atoms with Crippen LogP contribution in [-0.4, -0.2) is 40.5 Å². The second kappa shape index (κ2) is 7.86. The molecule has 0 unspecified atom stereocenters. The van der Waals surface area contributed by atoms with E-state index < -0.39 is 51.5 Å². The molecule has 33 heavy (non-hydrogen) atoms. The molecule has 4 aliphatic carbocycles. The van der Waals surface area contributed by atoms with E-state index in [2.05, 4.69) is 0 Å². The van der Waals surface area contributed by atoms with Crippen molar-refractivity contribution in [3.63, 3.8) is 0 Å². The maximum absolute atomic E-state index is 17.1. The van der Waals surface area contributed by atoms with Crippen LogP contribution in [0.5, 0.6) is 0 Å². The summed E-state index contributed by atoms with van der Waals surface area (Å²) < 4.78 is 23.1. The quantitative estimate of drug-likeness (QED) is 0.422. The Bertz CT molecular complexity index is 987. The minimum absolute atomic E-state index is 0.153. The Balaban J connectivity index is 1.84. The van der Waals surface area contributed by atoms with Crippen LogP contribution in [-0.2, 0) is 23.9 Å². The van der Waals surface area contributed by atoms with Gasteiger partial charge < -0.3 is 4.74 Å². The molecule has 0 radical (unpaired) electrons. The number of rotatable bonds is 5. The maximum Gasteiger partial charge on any atom is 0.306 e. The lowest BCUT2D eigenvalue weighted by Gasteiger charge is -2.59. The molecule has 7 heteroatoms. The van der Waals surface area contributed by atoms with Gasteiger partial charge in [0.25, 0.3) is 0 Å². The summed E-state index contributed by atoms with van der Waals surface area (Å²) in [7, 11) is 0. The van der Waals surface area contributed by atoms with E-state index in [1.54, 1.807) is 19.9 Å². The van der Waals surface area contributed by atoms with Gasteiger partial charge in [-0.05, 0) is 50.7 Å². The molecule has 3 fully saturated rings. The Morgan fingerprint density at radius 1 is 1.24 bits per heavy atom. The predicted molar refractivity (Wildman–Crippen MR) is 121 cm³/mol. The van der Waals surface area contributed by atoms with E-state index in [1.807, 2.05) is 13.8 Å². The highest BCUT2D eigenvalue weighted by Crippen LogP contribution is 2.70. The number of halogens is 2. The average Bonchev–Trinajstić information content (AvgIpc) is 2.97. The fourth-order valence-electron chi connectivity index (χ4n) is 7.66. The highest BCUT2D eigenvalue weighted by Gasteiger charge is 2.77. The van der Waals surface area contributed by atoms with Crippen LogP contribution in [0.1, 0.15) is 66.2 Å². The van der Waals surface area contributed by atoms with Crippen molar-refractivity contribution >= 4 is 34.9 Å². The van der Waals surface area contributed by atoms with Crippen LogP contribution in [0.2, 0.25) is 0 Å². The summed E-state index contributed by atoms with van der Waals surface area (Å²) in [5.74, 6) is -3.45. The van der Waals surface area contributed by atoms with Gasteiger partial charge in [-0.3, -0.25) is 19.2 Å². The van der Waals surface area contributed by atoms with Crippen LogP contribution < -0.4 is 0 Å². The van der Waals surface area contributed by atoms with Crippen LogP contribution in [0.15, 0.2) is 23.8 Å². The van der Waals surface area contributed by atoms with Gasteiger partial charge in [0, 0.05) is 35.5 Å². The molecule has 7 atom stereocenters. The Kier molecular flexibility index (Phi) is 5.79. The molecule has 3 saturated carbocycles. The van der Waals surface area contributed by atoms with E-state index in [0.29, 0.717) is 31.3 Å². The topological polar surface area (TPSA) is 77.5 Å². The molecule has 5 nitrogen and oxygen atoms in total. The third kappa shape index (κ3) is 2.95. The van der Waals surface area contributed by atoms with E-state index >= 15 is 4.39 Å². The Morgan fingerprint density at radius 3 is 2.58 bits per heavy atom. The van der Waals surface area contributed by atoms with Gasteiger partial charge in [0.05, 0.1) is 5.88 Å². The molecule has 4 aliphatic rings. The summed E-state index contributed by atoms with van der Waals surface area (Å²) in [5.41, 5.74) is -5.35. The van der Waals surface area contributed by atoms with E-state index in [4.69, 9.17) is 16.3 Å². The Labute approximate surface area is 199 Å². The van der Waals surface area contributed by atoms with Crippen molar-refractivity contribution in [3.8, 4) is 0 Å². The molecule has 0 amide bonds. The van der Waals surface area contributed by atoms with Crippen molar-refractivity contribution in [3.05, 3.63) is 23.8 Å². The first-order valence-electron chi connectivity index (χ1n) is 11.9. The number of carbonyl (C=O) groups is 4. The molecular weight excluding hydrogens is 447 g/mol. The van der Waals surface area contributed by atoms with E-state index in [9.17, 15) is 19.2 Å². The number of ether oxygens (including phenoxy) is 1. The number of hydrogen-bond acceptors (Lipinski definition) is 5. The fourth-order valence-corrected chi connectivity index (χ4v) is 7.86. The summed E-state index contributed by atoms with van der Waals surface area (Å²) in [6.45, 7) is 7.19. The third-order valence-corrected chi connectivity index (χ3v) is 9.45. The van der Waals surface area contributed by atoms with Crippen molar-refractivity contribution in [1.82, 2.24) is 0 Å². The maximum atomic E-state index is 17.1. The summed E-state index contributed by atoms with van der Waals surface area (Å²) >= 11 is 6.02. The summed E-state index contributed by atoms with van der Waals surface area (Å²) in [5, 5.41) is 0. The van der Waals surface area contributed by atoms with E-state index in [1.165, 1.54) is 12.2 Å². The van der Waals surface area contributed by atoms with Crippen molar-refractivity contribution in [2.45, 2.75) is 77.5 Å². The second-order valence-electron chi connectivity index (χ2n) is 10.7. The van der Waals surface area contributed by atoms with Gasteiger partial charge in [-0.15, -0.1) is 11.6 Å². The molecule has 0 aromatic carbocycles. The third-order valence-electron chi connectivity index (χ3n) is 9.21. The molecule has 0 N–H and O–H groups in total. The monoisotopic (exact) mass is 478 g/mol. The highest BCUT2D eigenvalue weighted by atomic mass is 35.5. The average molecular weight is 479 g/mol. The van der Waals surface area contributed by atoms with Gasteiger partial charge in [-0.25, -0.2) is 4.39 Å². The van der Waals surface area contributed by atoms with Crippen molar-refractivity contribution in [2.75, 3.05) is 5.88 Å². The number of allylic oxidation sites excluding steroid dienone is 4. The van der Waals surface area contributed by atoms with Crippen LogP contribution >= 0.6 is 11.6 Å². The van der Waals surface area contributed by atoms with Gasteiger partial charge in [0.15, 0.2) is 28.6 Å². The standard InChI is InChI=1S/C26H32ClFO5/c1-5-6-22(32)33-26(21(31)14-27)15(2)11-19-18-8-7-16-12-17(29)9-10-23(16,3)25(18,28)20(30)13-24(19,26)4/h9-10,12,15,18-19H,5-8,11,13-14H2,1-4H3/t15-,18+,19+,23+,24+,25+,26-/m1/s1. The molecule has 0 spiro atoms. The van der Waals surface area contributed by atoms with Gasteiger partial charge in [0.2, 0.25) is 0 Å². The van der Waals surface area contributed by atoms with E-state index in [-0.39, 0.29) is 30.4 Å². The molecule has 0 aliphatic heterocycles. The normalized spacial score (nSPS) is 43.9. The smallest absolute Gasteiger partial charge is 0.306 e. The molecular formula is C26H32ClFO5. The van der Waals surface area contributed by atoms with Gasteiger partial charge in [-0.1, -0.05) is 32.4 Å². The number of alkyl halides is 2. The zero-order chi connectivity index (χ0) is 24.4. The molecule has 0 aromatic heterocycles. The number of carbonyl (C=O) groups excluding carboxylic acids is 4. The Hall–Kier alpha value is -1.82. The molecule has 0 bridgehead atoms. The highest BCUT2D eigenvalue weighted by molar-refractivity contribution is 6.29. The predicted octanol–water partition coefficient (Wildman–Crippen LogP) is 4.70. The molecule has 0 saturated heterocycles. The minimum atomic E-state index is -2.19. The van der Waals surface area contributed by atoms with Crippen molar-refractivity contribution < 1.29 is 28.3 Å². The largest absolute Gasteiger partial charge is 0.450 e. The van der Waals surface area contributed by atoms with Crippen LogP contribution in [0.25, 0.3) is 0 Å². The van der Waals surface area contributed by atoms with Gasteiger partial charge >= 0.3 is 5.97 Å². The SMILES string of the molecule is CCCC(=O)O[C@@]1(C(=O)CCl)[C@H](C)C[C@H]2[C@@H]3CCC4=CC(=O)C=C[C@]4(C)[C@@]3(F)C(=O)C[C@@]21C. The lowest BCUT2D eigenvalue weighted by atomic mass is 9.45. The zero-order valence-electron chi connectivity index (χ0n) is 19.7. The molecule has 180 valence electrons. The molecule has 0 aromatic rings.